The molecule has 0 unspecified atom stereocenters. The topological polar surface area (TPSA) is 53.7 Å². The van der Waals surface area contributed by atoms with Gasteiger partial charge < -0.3 is 19.9 Å². The van der Waals surface area contributed by atoms with E-state index in [0.29, 0.717) is 29.4 Å². The molecule has 2 aromatic carbocycles. The fourth-order valence-electron chi connectivity index (χ4n) is 1.89. The van der Waals surface area contributed by atoms with Crippen LogP contribution in [0.5, 0.6) is 17.2 Å². The van der Waals surface area contributed by atoms with Crippen LogP contribution < -0.4 is 19.9 Å². The largest absolute Gasteiger partial charge is 0.497 e. The Kier molecular flexibility index (Phi) is 5.00. The Morgan fingerprint density at radius 2 is 1.57 bits per heavy atom. The van der Waals surface area contributed by atoms with Crippen molar-refractivity contribution in [3.05, 3.63) is 53.3 Å². The predicted octanol–water partition coefficient (Wildman–Crippen LogP) is 2.88. The van der Waals surface area contributed by atoms with E-state index in [4.69, 9.17) is 19.9 Å². The monoisotopic (exact) mass is 291 g/mol. The molecule has 0 saturated heterocycles. The van der Waals surface area contributed by atoms with Crippen molar-refractivity contribution in [2.24, 2.45) is 5.73 Å². The SMILES string of the molecule is COc1ccc(COc2cc(OC)ccc2CN)c(F)c1. The van der Waals surface area contributed by atoms with Crippen LogP contribution in [0.15, 0.2) is 36.4 Å². The number of halogens is 1. The van der Waals surface area contributed by atoms with Gasteiger partial charge in [-0.15, -0.1) is 0 Å². The van der Waals surface area contributed by atoms with Gasteiger partial charge in [0.05, 0.1) is 14.2 Å². The van der Waals surface area contributed by atoms with Gasteiger partial charge in [0, 0.05) is 29.8 Å². The van der Waals surface area contributed by atoms with Crippen molar-refractivity contribution in [2.75, 3.05) is 14.2 Å². The molecule has 0 bridgehead atoms. The Balaban J connectivity index is 2.15. The number of nitrogens with two attached hydrogens (primary N) is 1. The van der Waals surface area contributed by atoms with Crippen LogP contribution in [-0.2, 0) is 13.2 Å². The average Bonchev–Trinajstić information content (AvgIpc) is 2.53. The third kappa shape index (κ3) is 3.64. The number of hydrogen-bond donors (Lipinski definition) is 1. The molecule has 2 rings (SSSR count). The molecule has 0 heterocycles. The Hall–Kier alpha value is -2.27. The molecule has 0 amide bonds. The number of rotatable bonds is 6. The van der Waals surface area contributed by atoms with Gasteiger partial charge in [-0.3, -0.25) is 0 Å². The lowest BCUT2D eigenvalue weighted by Gasteiger charge is -2.13. The van der Waals surface area contributed by atoms with Crippen LogP contribution in [0.25, 0.3) is 0 Å². The molecule has 0 aliphatic carbocycles. The van der Waals surface area contributed by atoms with Gasteiger partial charge >= 0.3 is 0 Å². The summed E-state index contributed by atoms with van der Waals surface area (Å²) in [6.07, 6.45) is 0. The quantitative estimate of drug-likeness (QED) is 0.889. The first kappa shape index (κ1) is 15.1. The van der Waals surface area contributed by atoms with Crippen molar-refractivity contribution in [1.82, 2.24) is 0 Å². The maximum atomic E-state index is 13.9. The Labute approximate surface area is 123 Å². The summed E-state index contributed by atoms with van der Waals surface area (Å²) in [5.41, 5.74) is 6.95. The Bertz CT molecular complexity index is 616. The van der Waals surface area contributed by atoms with Gasteiger partial charge in [-0.2, -0.15) is 0 Å². The average molecular weight is 291 g/mol. The summed E-state index contributed by atoms with van der Waals surface area (Å²) in [5, 5.41) is 0. The zero-order valence-corrected chi connectivity index (χ0v) is 12.1. The minimum absolute atomic E-state index is 0.107. The minimum atomic E-state index is -0.369. The van der Waals surface area contributed by atoms with Crippen molar-refractivity contribution in [3.63, 3.8) is 0 Å². The maximum Gasteiger partial charge on any atom is 0.133 e. The molecule has 0 spiro atoms. The van der Waals surface area contributed by atoms with E-state index >= 15 is 0 Å². The van der Waals surface area contributed by atoms with Crippen LogP contribution in [-0.4, -0.2) is 14.2 Å². The molecule has 2 aromatic rings. The lowest BCUT2D eigenvalue weighted by atomic mass is 10.2. The summed E-state index contributed by atoms with van der Waals surface area (Å²) in [5.74, 6) is 1.36. The number of benzene rings is 2. The molecule has 0 atom stereocenters. The molecule has 5 heteroatoms. The summed E-state index contributed by atoms with van der Waals surface area (Å²) in [6.45, 7) is 0.445. The summed E-state index contributed by atoms with van der Waals surface area (Å²) in [6, 6.07) is 10.0. The molecule has 4 nitrogen and oxygen atoms in total. The smallest absolute Gasteiger partial charge is 0.133 e. The first-order valence-corrected chi connectivity index (χ1v) is 6.50. The first-order valence-electron chi connectivity index (χ1n) is 6.50. The molecule has 112 valence electrons. The van der Waals surface area contributed by atoms with Crippen LogP contribution in [0.2, 0.25) is 0 Å². The van der Waals surface area contributed by atoms with E-state index in [-0.39, 0.29) is 12.4 Å². The van der Waals surface area contributed by atoms with E-state index < -0.39 is 0 Å². The highest BCUT2D eigenvalue weighted by molar-refractivity contribution is 5.41. The Morgan fingerprint density at radius 3 is 2.14 bits per heavy atom. The molecule has 0 aliphatic rings. The van der Waals surface area contributed by atoms with Gasteiger partial charge in [-0.25, -0.2) is 4.39 Å². The van der Waals surface area contributed by atoms with Crippen LogP contribution in [0, 0.1) is 5.82 Å². The molecule has 0 saturated carbocycles. The van der Waals surface area contributed by atoms with Gasteiger partial charge in [0.2, 0.25) is 0 Å². The molecule has 0 fully saturated rings. The number of hydrogen-bond acceptors (Lipinski definition) is 4. The van der Waals surface area contributed by atoms with Crippen molar-refractivity contribution >= 4 is 0 Å². The zero-order valence-electron chi connectivity index (χ0n) is 12.1. The molecule has 21 heavy (non-hydrogen) atoms. The van der Waals surface area contributed by atoms with E-state index in [1.54, 1.807) is 25.3 Å². The highest BCUT2D eigenvalue weighted by Gasteiger charge is 2.08. The third-order valence-electron chi connectivity index (χ3n) is 3.14. The minimum Gasteiger partial charge on any atom is -0.497 e. The molecular weight excluding hydrogens is 273 g/mol. The summed E-state index contributed by atoms with van der Waals surface area (Å²) < 4.78 is 29.6. The molecule has 0 aromatic heterocycles. The van der Waals surface area contributed by atoms with Gasteiger partial charge in [-0.05, 0) is 18.2 Å². The predicted molar refractivity (Wildman–Crippen MR) is 78.2 cm³/mol. The lowest BCUT2D eigenvalue weighted by Crippen LogP contribution is -2.04. The van der Waals surface area contributed by atoms with E-state index in [9.17, 15) is 4.39 Å². The highest BCUT2D eigenvalue weighted by atomic mass is 19.1. The van der Waals surface area contributed by atoms with Crippen molar-refractivity contribution in [3.8, 4) is 17.2 Å². The second-order valence-corrected chi connectivity index (χ2v) is 4.42. The fourth-order valence-corrected chi connectivity index (χ4v) is 1.89. The van der Waals surface area contributed by atoms with Crippen molar-refractivity contribution < 1.29 is 18.6 Å². The molecular formula is C16H18FNO3. The number of methoxy groups -OCH3 is 2. The zero-order chi connectivity index (χ0) is 15.2. The summed E-state index contributed by atoms with van der Waals surface area (Å²) in [7, 11) is 3.07. The van der Waals surface area contributed by atoms with E-state index in [1.165, 1.54) is 13.2 Å². The maximum absolute atomic E-state index is 13.9. The lowest BCUT2D eigenvalue weighted by molar-refractivity contribution is 0.294. The van der Waals surface area contributed by atoms with Crippen molar-refractivity contribution in [2.45, 2.75) is 13.2 Å². The van der Waals surface area contributed by atoms with Gasteiger partial charge in [-0.1, -0.05) is 6.07 Å². The van der Waals surface area contributed by atoms with Gasteiger partial charge in [0.25, 0.3) is 0 Å². The second-order valence-electron chi connectivity index (χ2n) is 4.42. The van der Waals surface area contributed by atoms with Crippen molar-refractivity contribution in [1.29, 1.82) is 0 Å². The van der Waals surface area contributed by atoms with Gasteiger partial charge in [0.1, 0.15) is 29.7 Å². The standard InChI is InChI=1S/C16H18FNO3/c1-19-13-6-4-12(15(17)7-13)10-21-16-8-14(20-2)5-3-11(16)9-18/h3-8H,9-10,18H2,1-2H3. The number of ether oxygens (including phenoxy) is 3. The van der Waals surface area contributed by atoms with Gasteiger partial charge in [0.15, 0.2) is 0 Å². The highest BCUT2D eigenvalue weighted by Crippen LogP contribution is 2.26. The van der Waals surface area contributed by atoms with Crippen LogP contribution in [0.1, 0.15) is 11.1 Å². The normalized spacial score (nSPS) is 10.3. The van der Waals surface area contributed by atoms with E-state index in [0.717, 1.165) is 5.56 Å². The molecule has 0 aliphatic heterocycles. The fraction of sp³-hybridized carbons (Fsp3) is 0.250. The van der Waals surface area contributed by atoms with Crippen LogP contribution >= 0.6 is 0 Å². The van der Waals surface area contributed by atoms with E-state index in [1.807, 2.05) is 12.1 Å². The van der Waals surface area contributed by atoms with Crippen LogP contribution in [0.4, 0.5) is 4.39 Å². The second kappa shape index (κ2) is 6.95. The van der Waals surface area contributed by atoms with E-state index in [2.05, 4.69) is 0 Å². The third-order valence-corrected chi connectivity index (χ3v) is 3.14. The summed E-state index contributed by atoms with van der Waals surface area (Å²) in [4.78, 5) is 0. The first-order chi connectivity index (χ1) is 10.2. The van der Waals surface area contributed by atoms with Crippen LogP contribution in [0.3, 0.4) is 0 Å². The molecule has 0 radical (unpaired) electrons. The molecule has 2 N–H and O–H groups in total. The Morgan fingerprint density at radius 1 is 0.952 bits per heavy atom. The summed E-state index contributed by atoms with van der Waals surface area (Å²) >= 11 is 0.